The lowest BCUT2D eigenvalue weighted by atomic mass is 9.80. The maximum Gasteiger partial charge on any atom is 0.154 e. The van der Waals surface area contributed by atoms with Gasteiger partial charge in [0, 0.05) is 7.05 Å². The van der Waals surface area contributed by atoms with Crippen molar-refractivity contribution in [2.45, 2.75) is 25.4 Å². The van der Waals surface area contributed by atoms with E-state index in [1.807, 2.05) is 7.05 Å². The number of aliphatic hydroxyl groups is 1. The Morgan fingerprint density at radius 2 is 2.11 bits per heavy atom. The normalized spacial score (nSPS) is 20.1. The number of aryl methyl sites for hydroxylation is 2. The van der Waals surface area contributed by atoms with Crippen molar-refractivity contribution in [1.29, 1.82) is 0 Å². The molecule has 100 valence electrons. The average Bonchev–Trinajstić information content (AvgIpc) is 2.77. The van der Waals surface area contributed by atoms with Crippen molar-refractivity contribution in [3.8, 4) is 0 Å². The van der Waals surface area contributed by atoms with Crippen molar-refractivity contribution < 1.29 is 5.11 Å². The maximum atomic E-state index is 10.6. The Bertz CT molecular complexity index is 577. The molecule has 1 aromatic heterocycles. The fourth-order valence-corrected chi connectivity index (χ4v) is 3.43. The first-order valence-corrected chi connectivity index (χ1v) is 7.26. The van der Waals surface area contributed by atoms with E-state index in [1.54, 1.807) is 4.68 Å². The van der Waals surface area contributed by atoms with E-state index >= 15 is 0 Å². The van der Waals surface area contributed by atoms with Gasteiger partial charge in [-0.1, -0.05) is 29.5 Å². The van der Waals surface area contributed by atoms with Gasteiger partial charge in [0.2, 0.25) is 0 Å². The molecule has 4 nitrogen and oxygen atoms in total. The third kappa shape index (κ3) is 2.32. The molecule has 0 fully saturated rings. The zero-order chi connectivity index (χ0) is 13.4. The summed E-state index contributed by atoms with van der Waals surface area (Å²) in [4.78, 5) is 0. The molecule has 0 spiro atoms. The third-order valence-corrected chi connectivity index (χ3v) is 4.50. The lowest BCUT2D eigenvalue weighted by molar-refractivity contribution is 0.0911. The van der Waals surface area contributed by atoms with Gasteiger partial charge in [0.15, 0.2) is 4.60 Å². The van der Waals surface area contributed by atoms with Gasteiger partial charge in [0.1, 0.15) is 11.8 Å². The molecule has 3 rings (SSSR count). The minimum atomic E-state index is -0.525. The quantitative estimate of drug-likeness (QED) is 0.924. The zero-order valence-corrected chi connectivity index (χ0v) is 12.3. The second-order valence-electron chi connectivity index (χ2n) is 5.11. The number of aliphatic hydroxyl groups excluding tert-OH is 1. The van der Waals surface area contributed by atoms with Gasteiger partial charge >= 0.3 is 0 Å². The molecular formula is C14H16BrN3O. The molecule has 0 bridgehead atoms. The van der Waals surface area contributed by atoms with Crippen molar-refractivity contribution >= 4 is 15.9 Å². The van der Waals surface area contributed by atoms with E-state index in [9.17, 15) is 5.11 Å². The lowest BCUT2D eigenvalue weighted by Crippen LogP contribution is -2.23. The Hall–Kier alpha value is -1.20. The van der Waals surface area contributed by atoms with Gasteiger partial charge in [-0.25, -0.2) is 4.68 Å². The summed E-state index contributed by atoms with van der Waals surface area (Å²) in [6, 6.07) is 8.48. The maximum absolute atomic E-state index is 10.6. The van der Waals surface area contributed by atoms with Gasteiger partial charge in [0.05, 0.1) is 0 Å². The van der Waals surface area contributed by atoms with Crippen molar-refractivity contribution in [3.63, 3.8) is 0 Å². The van der Waals surface area contributed by atoms with Gasteiger partial charge in [-0.3, -0.25) is 0 Å². The smallest absolute Gasteiger partial charge is 0.154 e. The predicted octanol–water partition coefficient (Wildman–Crippen LogP) is 2.42. The van der Waals surface area contributed by atoms with Crippen molar-refractivity contribution in [2.75, 3.05) is 0 Å². The molecule has 1 N–H and O–H groups in total. The second kappa shape index (κ2) is 5.06. The molecule has 1 aliphatic rings. The van der Waals surface area contributed by atoms with E-state index in [4.69, 9.17) is 0 Å². The Balaban J connectivity index is 1.85. The Morgan fingerprint density at radius 3 is 2.79 bits per heavy atom. The summed E-state index contributed by atoms with van der Waals surface area (Å²) in [6.45, 7) is 0. The van der Waals surface area contributed by atoms with E-state index in [1.165, 1.54) is 11.1 Å². The molecule has 0 aliphatic heterocycles. The molecule has 2 unspecified atom stereocenters. The number of benzene rings is 1. The average molecular weight is 322 g/mol. The highest BCUT2D eigenvalue weighted by Crippen LogP contribution is 2.35. The van der Waals surface area contributed by atoms with Gasteiger partial charge in [0.25, 0.3) is 0 Å². The summed E-state index contributed by atoms with van der Waals surface area (Å²) in [5.74, 6) is 0.225. The van der Waals surface area contributed by atoms with Crippen LogP contribution in [-0.4, -0.2) is 20.1 Å². The van der Waals surface area contributed by atoms with Gasteiger partial charge in [-0.15, -0.1) is 5.10 Å². The lowest BCUT2D eigenvalue weighted by Gasteiger charge is -2.28. The van der Waals surface area contributed by atoms with Crippen LogP contribution in [0.3, 0.4) is 0 Å². The van der Waals surface area contributed by atoms with Crippen LogP contribution < -0.4 is 0 Å². The molecule has 1 aromatic carbocycles. The minimum absolute atomic E-state index is 0.225. The van der Waals surface area contributed by atoms with Crippen LogP contribution in [0.1, 0.15) is 29.3 Å². The van der Waals surface area contributed by atoms with Gasteiger partial charge in [-0.2, -0.15) is 0 Å². The highest BCUT2D eigenvalue weighted by Gasteiger charge is 2.29. The second-order valence-corrected chi connectivity index (χ2v) is 5.86. The van der Waals surface area contributed by atoms with Crippen LogP contribution in [0.2, 0.25) is 0 Å². The van der Waals surface area contributed by atoms with E-state index in [0.717, 1.165) is 25.0 Å². The fraction of sp³-hybridized carbons (Fsp3) is 0.429. The van der Waals surface area contributed by atoms with Crippen LogP contribution in [0.15, 0.2) is 28.9 Å². The van der Waals surface area contributed by atoms with Crippen LogP contribution in [0.5, 0.6) is 0 Å². The first kappa shape index (κ1) is 12.8. The molecular weight excluding hydrogens is 306 g/mol. The number of nitrogens with zero attached hydrogens (tertiary/aromatic N) is 3. The number of rotatable bonds is 2. The van der Waals surface area contributed by atoms with E-state index in [2.05, 4.69) is 50.5 Å². The number of hydrogen-bond donors (Lipinski definition) is 1. The van der Waals surface area contributed by atoms with E-state index in [0.29, 0.717) is 4.60 Å². The number of halogens is 1. The summed E-state index contributed by atoms with van der Waals surface area (Å²) in [5.41, 5.74) is 3.53. The SMILES string of the molecule is Cn1nnc(Br)c1C(O)C1CCc2ccccc2C1. The minimum Gasteiger partial charge on any atom is -0.386 e. The summed E-state index contributed by atoms with van der Waals surface area (Å²) in [5, 5.41) is 18.5. The molecule has 0 saturated carbocycles. The standard InChI is InChI=1S/C14H16BrN3O/c1-18-12(14(15)16-17-18)13(19)11-7-6-9-4-2-3-5-10(9)8-11/h2-5,11,13,19H,6-8H2,1H3. The molecule has 0 amide bonds. The van der Waals surface area contributed by atoms with Crippen molar-refractivity contribution in [1.82, 2.24) is 15.0 Å². The highest BCUT2D eigenvalue weighted by molar-refractivity contribution is 9.10. The Kier molecular flexibility index (Phi) is 3.41. The summed E-state index contributed by atoms with van der Waals surface area (Å²) >= 11 is 3.36. The molecule has 0 radical (unpaired) electrons. The largest absolute Gasteiger partial charge is 0.386 e. The van der Waals surface area contributed by atoms with Crippen LogP contribution >= 0.6 is 15.9 Å². The van der Waals surface area contributed by atoms with E-state index in [-0.39, 0.29) is 5.92 Å². The van der Waals surface area contributed by atoms with Crippen molar-refractivity contribution in [3.05, 3.63) is 45.7 Å². The van der Waals surface area contributed by atoms with Crippen LogP contribution in [-0.2, 0) is 19.9 Å². The topological polar surface area (TPSA) is 50.9 Å². The van der Waals surface area contributed by atoms with Crippen LogP contribution in [0, 0.1) is 5.92 Å². The van der Waals surface area contributed by atoms with Gasteiger partial charge in [-0.05, 0) is 52.2 Å². The summed E-state index contributed by atoms with van der Waals surface area (Å²) in [7, 11) is 1.81. The monoisotopic (exact) mass is 321 g/mol. The predicted molar refractivity (Wildman–Crippen MR) is 75.6 cm³/mol. The number of hydrogen-bond acceptors (Lipinski definition) is 3. The molecule has 2 aromatic rings. The first-order valence-electron chi connectivity index (χ1n) is 6.46. The Labute approximate surface area is 120 Å². The van der Waals surface area contributed by atoms with E-state index < -0.39 is 6.10 Å². The molecule has 19 heavy (non-hydrogen) atoms. The highest BCUT2D eigenvalue weighted by atomic mass is 79.9. The summed E-state index contributed by atoms with van der Waals surface area (Å²) in [6.07, 6.45) is 2.41. The molecule has 5 heteroatoms. The van der Waals surface area contributed by atoms with Crippen LogP contribution in [0.25, 0.3) is 0 Å². The van der Waals surface area contributed by atoms with Crippen LogP contribution in [0.4, 0.5) is 0 Å². The van der Waals surface area contributed by atoms with Crippen molar-refractivity contribution in [2.24, 2.45) is 13.0 Å². The Morgan fingerprint density at radius 1 is 1.37 bits per heavy atom. The van der Waals surface area contributed by atoms with Gasteiger partial charge < -0.3 is 5.11 Å². The fourth-order valence-electron chi connectivity index (χ4n) is 2.87. The number of fused-ring (bicyclic) bond motifs is 1. The first-order chi connectivity index (χ1) is 9.16. The third-order valence-electron chi connectivity index (χ3n) is 3.94. The molecule has 2 atom stereocenters. The summed E-state index contributed by atoms with van der Waals surface area (Å²) < 4.78 is 2.29. The molecule has 0 saturated heterocycles. The number of aromatic nitrogens is 3. The molecule has 1 heterocycles. The molecule has 1 aliphatic carbocycles. The zero-order valence-electron chi connectivity index (χ0n) is 10.8.